The largest absolute Gasteiger partial charge is 0.496 e. The van der Waals surface area contributed by atoms with Crippen molar-refractivity contribution in [1.29, 1.82) is 0 Å². The van der Waals surface area contributed by atoms with E-state index < -0.39 is 15.8 Å². The first kappa shape index (κ1) is 22.7. The molecule has 0 aliphatic heterocycles. The van der Waals surface area contributed by atoms with Crippen LogP contribution in [-0.2, 0) is 6.16 Å². The molecule has 4 aromatic carbocycles. The van der Waals surface area contributed by atoms with Gasteiger partial charge in [-0.05, 0) is 54.4 Å². The van der Waals surface area contributed by atoms with Gasteiger partial charge in [-0.3, -0.25) is 0 Å². The molecule has 162 valence electrons. The molecular formula is C29H30OP2. The highest BCUT2D eigenvalue weighted by Crippen LogP contribution is 2.45. The summed E-state index contributed by atoms with van der Waals surface area (Å²) in [5, 5.41) is 5.86. The van der Waals surface area contributed by atoms with Gasteiger partial charge in [-0.25, -0.2) is 0 Å². The fraction of sp³-hybridized carbons (Fsp3) is 0.172. The Kier molecular flexibility index (Phi) is 7.75. The number of para-hydroxylation sites is 1. The number of rotatable bonds is 8. The molecule has 0 radical (unpaired) electrons. The van der Waals surface area contributed by atoms with Gasteiger partial charge in [0.2, 0.25) is 0 Å². The summed E-state index contributed by atoms with van der Waals surface area (Å²) in [6.07, 6.45) is 0.969. The average Bonchev–Trinajstić information content (AvgIpc) is 2.84. The maximum atomic E-state index is 5.72. The van der Waals surface area contributed by atoms with Gasteiger partial charge in [-0.1, -0.05) is 117 Å². The van der Waals surface area contributed by atoms with Crippen molar-refractivity contribution in [3.05, 3.63) is 115 Å². The van der Waals surface area contributed by atoms with Crippen LogP contribution in [0.5, 0.6) is 5.75 Å². The van der Waals surface area contributed by atoms with Gasteiger partial charge >= 0.3 is 0 Å². The molecule has 0 spiro atoms. The van der Waals surface area contributed by atoms with Gasteiger partial charge in [0.25, 0.3) is 0 Å². The molecule has 2 unspecified atom stereocenters. The highest BCUT2D eigenvalue weighted by molar-refractivity contribution is 7.78. The first-order chi connectivity index (χ1) is 15.7. The predicted molar refractivity (Wildman–Crippen MR) is 144 cm³/mol. The minimum atomic E-state index is -0.581. The normalized spacial score (nSPS) is 13.0. The summed E-state index contributed by atoms with van der Waals surface area (Å²) in [6, 6.07) is 39.7. The van der Waals surface area contributed by atoms with Crippen molar-refractivity contribution < 1.29 is 4.74 Å². The molecule has 0 aliphatic carbocycles. The van der Waals surface area contributed by atoms with E-state index >= 15 is 0 Å². The Morgan fingerprint density at radius 1 is 0.625 bits per heavy atom. The SMILES string of the molecule is COc1ccccc1CP(c1ccccc1)c1ccccc1P(c1ccccc1)C(C)C. The molecule has 3 heteroatoms. The molecule has 0 saturated heterocycles. The quantitative estimate of drug-likeness (QED) is 0.288. The van der Waals surface area contributed by atoms with Crippen LogP contribution in [-0.4, -0.2) is 12.8 Å². The number of hydrogen-bond acceptors (Lipinski definition) is 1. The minimum Gasteiger partial charge on any atom is -0.496 e. The Labute approximate surface area is 195 Å². The van der Waals surface area contributed by atoms with E-state index in [4.69, 9.17) is 4.74 Å². The molecule has 0 saturated carbocycles. The van der Waals surface area contributed by atoms with Crippen LogP contribution in [0.1, 0.15) is 19.4 Å². The van der Waals surface area contributed by atoms with E-state index in [1.54, 1.807) is 7.11 Å². The van der Waals surface area contributed by atoms with Crippen LogP contribution in [0.3, 0.4) is 0 Å². The maximum Gasteiger partial charge on any atom is 0.122 e. The molecule has 0 bridgehead atoms. The second kappa shape index (κ2) is 10.9. The van der Waals surface area contributed by atoms with Crippen molar-refractivity contribution in [3.8, 4) is 5.75 Å². The molecule has 0 N–H and O–H groups in total. The number of benzene rings is 4. The van der Waals surface area contributed by atoms with Crippen molar-refractivity contribution in [2.75, 3.05) is 7.11 Å². The van der Waals surface area contributed by atoms with Crippen LogP contribution in [0.15, 0.2) is 109 Å². The first-order valence-corrected chi connectivity index (χ1v) is 14.0. The minimum absolute atomic E-state index is 0.454. The second-order valence-electron chi connectivity index (χ2n) is 8.02. The van der Waals surface area contributed by atoms with Crippen molar-refractivity contribution in [1.82, 2.24) is 0 Å². The molecule has 4 aromatic rings. The molecule has 1 nitrogen and oxygen atoms in total. The number of ether oxygens (including phenoxy) is 1. The fourth-order valence-electron chi connectivity index (χ4n) is 4.13. The summed E-state index contributed by atoms with van der Waals surface area (Å²) in [7, 11) is 0.733. The summed E-state index contributed by atoms with van der Waals surface area (Å²) in [4.78, 5) is 0. The van der Waals surface area contributed by atoms with E-state index in [1.165, 1.54) is 26.8 Å². The predicted octanol–water partition coefficient (Wildman–Crippen LogP) is 6.17. The van der Waals surface area contributed by atoms with Crippen LogP contribution in [0.2, 0.25) is 0 Å². The third kappa shape index (κ3) is 5.12. The van der Waals surface area contributed by atoms with Crippen molar-refractivity contribution >= 4 is 37.1 Å². The van der Waals surface area contributed by atoms with Gasteiger partial charge < -0.3 is 4.74 Å². The lowest BCUT2D eigenvalue weighted by molar-refractivity contribution is 0.411. The molecule has 32 heavy (non-hydrogen) atoms. The molecule has 2 atom stereocenters. The second-order valence-corrected chi connectivity index (χ2v) is 13.0. The van der Waals surface area contributed by atoms with E-state index in [0.29, 0.717) is 5.66 Å². The third-order valence-corrected chi connectivity index (χ3v) is 11.1. The van der Waals surface area contributed by atoms with Crippen molar-refractivity contribution in [2.45, 2.75) is 25.7 Å². The number of methoxy groups -OCH3 is 1. The molecule has 0 heterocycles. The van der Waals surface area contributed by atoms with Gasteiger partial charge in [0.05, 0.1) is 7.11 Å². The first-order valence-electron chi connectivity index (χ1n) is 11.1. The summed E-state index contributed by atoms with van der Waals surface area (Å²) in [5.74, 6) is 0.975. The Bertz CT molecular complexity index is 1130. The van der Waals surface area contributed by atoms with Crippen LogP contribution in [0.4, 0.5) is 0 Å². The summed E-state index contributed by atoms with van der Waals surface area (Å²) >= 11 is 0. The topological polar surface area (TPSA) is 9.23 Å². The molecule has 0 fully saturated rings. The molecule has 0 aromatic heterocycles. The van der Waals surface area contributed by atoms with Crippen LogP contribution < -0.4 is 26.0 Å². The van der Waals surface area contributed by atoms with Gasteiger partial charge in [-0.2, -0.15) is 0 Å². The monoisotopic (exact) mass is 456 g/mol. The maximum absolute atomic E-state index is 5.72. The third-order valence-electron chi connectivity index (χ3n) is 5.57. The highest BCUT2D eigenvalue weighted by Gasteiger charge is 2.25. The molecule has 0 amide bonds. The van der Waals surface area contributed by atoms with E-state index in [-0.39, 0.29) is 0 Å². The molecular weight excluding hydrogens is 426 g/mol. The number of hydrogen-bond donors (Lipinski definition) is 0. The zero-order chi connectivity index (χ0) is 22.3. The summed E-state index contributed by atoms with van der Waals surface area (Å²) < 4.78 is 5.72. The van der Waals surface area contributed by atoms with E-state index in [2.05, 4.69) is 123 Å². The van der Waals surface area contributed by atoms with E-state index in [1.807, 2.05) is 0 Å². The van der Waals surface area contributed by atoms with Crippen molar-refractivity contribution in [3.63, 3.8) is 0 Å². The fourth-order valence-corrected chi connectivity index (χ4v) is 9.69. The highest BCUT2D eigenvalue weighted by atomic mass is 31.1. The molecule has 0 aliphatic rings. The van der Waals surface area contributed by atoms with Gasteiger partial charge in [-0.15, -0.1) is 0 Å². The van der Waals surface area contributed by atoms with Crippen LogP contribution >= 0.6 is 15.8 Å². The average molecular weight is 457 g/mol. The standard InChI is InChI=1S/C29H30OP2/c1-23(2)32(26-17-8-5-9-18-26)29-21-13-12-20-28(29)31(25-15-6-4-7-16-25)22-24-14-10-11-19-27(24)30-3/h4-21,23H,22H2,1-3H3. The van der Waals surface area contributed by atoms with Crippen LogP contribution in [0, 0.1) is 0 Å². The smallest absolute Gasteiger partial charge is 0.122 e. The summed E-state index contributed by atoms with van der Waals surface area (Å²) in [6.45, 7) is 4.72. The Morgan fingerprint density at radius 3 is 1.78 bits per heavy atom. The van der Waals surface area contributed by atoms with Crippen molar-refractivity contribution in [2.24, 2.45) is 0 Å². The summed E-state index contributed by atoms with van der Waals surface area (Å²) in [5.41, 5.74) is 1.83. The lowest BCUT2D eigenvalue weighted by Gasteiger charge is -2.29. The van der Waals surface area contributed by atoms with Gasteiger partial charge in [0, 0.05) is 6.16 Å². The van der Waals surface area contributed by atoms with Crippen LogP contribution in [0.25, 0.3) is 0 Å². The van der Waals surface area contributed by atoms with E-state index in [0.717, 1.165) is 11.9 Å². The lowest BCUT2D eigenvalue weighted by atomic mass is 10.2. The van der Waals surface area contributed by atoms with E-state index in [9.17, 15) is 0 Å². The molecule has 4 rings (SSSR count). The zero-order valence-electron chi connectivity index (χ0n) is 19.0. The van der Waals surface area contributed by atoms with Gasteiger partial charge in [0.15, 0.2) is 0 Å². The zero-order valence-corrected chi connectivity index (χ0v) is 20.8. The Balaban J connectivity index is 1.86. The van der Waals surface area contributed by atoms with Gasteiger partial charge in [0.1, 0.15) is 5.75 Å². The lowest BCUT2D eigenvalue weighted by Crippen LogP contribution is -2.31. The Hall–Kier alpha value is -2.46. The Morgan fingerprint density at radius 2 is 1.16 bits per heavy atom.